The molecule has 1 unspecified atom stereocenters. The van der Waals surface area contributed by atoms with Crippen LogP contribution in [0.15, 0.2) is 48.5 Å². The molecule has 1 atom stereocenters. The van der Waals surface area contributed by atoms with E-state index in [0.717, 1.165) is 15.2 Å². The monoisotopic (exact) mass is 403 g/mol. The van der Waals surface area contributed by atoms with E-state index < -0.39 is 23.7 Å². The number of hydrogen-bond acceptors (Lipinski definition) is 6. The number of thiazole rings is 1. The Morgan fingerprint density at radius 1 is 1.14 bits per heavy atom. The Balaban J connectivity index is 1.37. The van der Waals surface area contributed by atoms with E-state index in [1.54, 1.807) is 0 Å². The van der Waals surface area contributed by atoms with Crippen LogP contribution in [-0.2, 0) is 20.9 Å². The summed E-state index contributed by atoms with van der Waals surface area (Å²) in [7, 11) is 0. The van der Waals surface area contributed by atoms with Crippen molar-refractivity contribution >= 4 is 33.4 Å². The molecule has 0 radical (unpaired) electrons. The van der Waals surface area contributed by atoms with Crippen molar-refractivity contribution in [2.45, 2.75) is 19.6 Å². The van der Waals surface area contributed by atoms with E-state index in [4.69, 9.17) is 9.47 Å². The molecular formula is C19H18FN3O4S. The fourth-order valence-electron chi connectivity index (χ4n) is 2.25. The van der Waals surface area contributed by atoms with E-state index in [1.807, 2.05) is 24.3 Å². The second kappa shape index (κ2) is 9.25. The number of fused-ring (bicyclic) bond motifs is 1. The minimum Gasteiger partial charge on any atom is -0.481 e. The summed E-state index contributed by atoms with van der Waals surface area (Å²) >= 11 is 1.50. The number of ether oxygens (including phenoxy) is 2. The van der Waals surface area contributed by atoms with Crippen molar-refractivity contribution in [1.82, 2.24) is 15.8 Å². The number of hydrogen-bond donors (Lipinski definition) is 2. The maximum Gasteiger partial charge on any atom is 0.279 e. The molecule has 1 aromatic heterocycles. The largest absolute Gasteiger partial charge is 0.481 e. The van der Waals surface area contributed by atoms with Gasteiger partial charge in [0.2, 0.25) is 0 Å². The lowest BCUT2D eigenvalue weighted by Gasteiger charge is -2.15. The number of para-hydroxylation sites is 1. The maximum absolute atomic E-state index is 12.9. The van der Waals surface area contributed by atoms with Crippen LogP contribution >= 0.6 is 11.3 Å². The first-order valence-corrected chi connectivity index (χ1v) is 9.26. The third-order valence-corrected chi connectivity index (χ3v) is 4.63. The molecule has 3 aromatic rings. The average Bonchev–Trinajstić information content (AvgIpc) is 3.10. The molecule has 0 saturated carbocycles. The van der Waals surface area contributed by atoms with Crippen LogP contribution in [0.25, 0.3) is 10.2 Å². The summed E-state index contributed by atoms with van der Waals surface area (Å²) in [5, 5.41) is 0.763. The topological polar surface area (TPSA) is 89.6 Å². The first kappa shape index (κ1) is 19.7. The molecule has 0 aliphatic rings. The van der Waals surface area contributed by atoms with Gasteiger partial charge in [0.15, 0.2) is 6.10 Å². The van der Waals surface area contributed by atoms with Gasteiger partial charge in [0.05, 0.1) is 16.8 Å². The van der Waals surface area contributed by atoms with Crippen molar-refractivity contribution in [3.8, 4) is 5.75 Å². The van der Waals surface area contributed by atoms with E-state index in [-0.39, 0.29) is 13.2 Å². The lowest BCUT2D eigenvalue weighted by molar-refractivity contribution is -0.134. The van der Waals surface area contributed by atoms with Gasteiger partial charge in [0, 0.05) is 0 Å². The van der Waals surface area contributed by atoms with Gasteiger partial charge >= 0.3 is 0 Å². The van der Waals surface area contributed by atoms with Gasteiger partial charge in [-0.05, 0) is 43.3 Å². The minimum atomic E-state index is -0.880. The molecular weight excluding hydrogens is 385 g/mol. The van der Waals surface area contributed by atoms with E-state index in [1.165, 1.54) is 42.5 Å². The van der Waals surface area contributed by atoms with Gasteiger partial charge in [-0.3, -0.25) is 20.4 Å². The molecule has 0 spiro atoms. The molecule has 2 aromatic carbocycles. The summed E-state index contributed by atoms with van der Waals surface area (Å²) in [4.78, 5) is 28.1. The van der Waals surface area contributed by atoms with Crippen molar-refractivity contribution in [3.05, 3.63) is 59.4 Å². The number of nitrogens with zero attached hydrogens (tertiary/aromatic N) is 1. The molecule has 9 heteroatoms. The second-order valence-electron chi connectivity index (χ2n) is 5.82. The number of nitrogens with one attached hydrogen (secondary N) is 2. The summed E-state index contributed by atoms with van der Waals surface area (Å²) in [6.07, 6.45) is -0.880. The lowest BCUT2D eigenvalue weighted by atomic mass is 10.3. The summed E-state index contributed by atoms with van der Waals surface area (Å²) in [6, 6.07) is 13.0. The van der Waals surface area contributed by atoms with Crippen molar-refractivity contribution in [2.24, 2.45) is 0 Å². The van der Waals surface area contributed by atoms with Crippen LogP contribution in [0.3, 0.4) is 0 Å². The zero-order valence-electron chi connectivity index (χ0n) is 15.0. The predicted octanol–water partition coefficient (Wildman–Crippen LogP) is 2.57. The van der Waals surface area contributed by atoms with Crippen LogP contribution < -0.4 is 15.6 Å². The number of aromatic nitrogens is 1. The molecule has 1 heterocycles. The van der Waals surface area contributed by atoms with Gasteiger partial charge < -0.3 is 9.47 Å². The summed E-state index contributed by atoms with van der Waals surface area (Å²) in [5.74, 6) is -1.12. The second-order valence-corrected chi connectivity index (χ2v) is 6.93. The smallest absolute Gasteiger partial charge is 0.279 e. The Kier molecular flexibility index (Phi) is 6.51. The molecule has 3 rings (SSSR count). The van der Waals surface area contributed by atoms with Gasteiger partial charge in [-0.25, -0.2) is 9.37 Å². The highest BCUT2D eigenvalue weighted by Gasteiger charge is 2.15. The molecule has 0 fully saturated rings. The Bertz CT molecular complexity index is 928. The summed E-state index contributed by atoms with van der Waals surface area (Å²) in [5.41, 5.74) is 5.39. The molecule has 0 saturated heterocycles. The number of benzene rings is 2. The Morgan fingerprint density at radius 2 is 1.89 bits per heavy atom. The molecule has 0 aliphatic heterocycles. The van der Waals surface area contributed by atoms with Crippen LogP contribution in [0.1, 0.15) is 11.9 Å². The van der Waals surface area contributed by atoms with Crippen molar-refractivity contribution in [1.29, 1.82) is 0 Å². The van der Waals surface area contributed by atoms with Crippen LogP contribution in [0, 0.1) is 5.82 Å². The van der Waals surface area contributed by atoms with Crippen LogP contribution in [0.5, 0.6) is 5.75 Å². The fourth-order valence-corrected chi connectivity index (χ4v) is 3.16. The Hall–Kier alpha value is -3.04. The number of hydrazine groups is 1. The number of rotatable bonds is 7. The molecule has 0 aliphatic carbocycles. The van der Waals surface area contributed by atoms with Gasteiger partial charge in [-0.1, -0.05) is 12.1 Å². The zero-order valence-corrected chi connectivity index (χ0v) is 15.8. The third-order valence-electron chi connectivity index (χ3n) is 3.62. The Morgan fingerprint density at radius 3 is 2.64 bits per heavy atom. The highest BCUT2D eigenvalue weighted by molar-refractivity contribution is 7.18. The number of carbonyl (C=O) groups excluding carboxylic acids is 2. The molecule has 2 amide bonds. The number of carbonyl (C=O) groups is 2. The van der Waals surface area contributed by atoms with E-state index in [9.17, 15) is 14.0 Å². The first-order valence-electron chi connectivity index (χ1n) is 8.44. The summed E-state index contributed by atoms with van der Waals surface area (Å²) < 4.78 is 24.6. The third kappa shape index (κ3) is 5.48. The average molecular weight is 403 g/mol. The van der Waals surface area contributed by atoms with Crippen molar-refractivity contribution < 1.29 is 23.5 Å². The Labute approximate surface area is 164 Å². The van der Waals surface area contributed by atoms with Gasteiger partial charge in [-0.15, -0.1) is 11.3 Å². The molecule has 28 heavy (non-hydrogen) atoms. The molecule has 146 valence electrons. The summed E-state index contributed by atoms with van der Waals surface area (Å²) in [6.45, 7) is 1.47. The van der Waals surface area contributed by atoms with E-state index in [0.29, 0.717) is 5.75 Å². The highest BCUT2D eigenvalue weighted by atomic mass is 32.1. The standard InChI is InChI=1S/C19H18FN3O4S/c1-12(27-14-8-6-13(20)7-9-14)19(25)23-22-17(24)10-26-11-18-21-15-4-2-3-5-16(15)28-18/h2-9,12H,10-11H2,1H3,(H,22,24)(H,23,25). The van der Waals surface area contributed by atoms with Crippen molar-refractivity contribution in [2.75, 3.05) is 6.61 Å². The SMILES string of the molecule is CC(Oc1ccc(F)cc1)C(=O)NNC(=O)COCc1nc2ccccc2s1. The normalized spacial score (nSPS) is 11.8. The zero-order chi connectivity index (χ0) is 19.9. The van der Waals surface area contributed by atoms with Crippen LogP contribution in [-0.4, -0.2) is 29.5 Å². The van der Waals surface area contributed by atoms with E-state index in [2.05, 4.69) is 15.8 Å². The number of amides is 2. The fraction of sp³-hybridized carbons (Fsp3) is 0.211. The van der Waals surface area contributed by atoms with Crippen LogP contribution in [0.4, 0.5) is 4.39 Å². The van der Waals surface area contributed by atoms with Crippen LogP contribution in [0.2, 0.25) is 0 Å². The van der Waals surface area contributed by atoms with Gasteiger partial charge in [-0.2, -0.15) is 0 Å². The maximum atomic E-state index is 12.9. The highest BCUT2D eigenvalue weighted by Crippen LogP contribution is 2.21. The molecule has 7 nitrogen and oxygen atoms in total. The van der Waals surface area contributed by atoms with Crippen molar-refractivity contribution in [3.63, 3.8) is 0 Å². The number of halogens is 1. The molecule has 0 bridgehead atoms. The predicted molar refractivity (Wildman–Crippen MR) is 102 cm³/mol. The van der Waals surface area contributed by atoms with Gasteiger partial charge in [0.1, 0.15) is 23.2 Å². The van der Waals surface area contributed by atoms with E-state index >= 15 is 0 Å². The van der Waals surface area contributed by atoms with Gasteiger partial charge in [0.25, 0.3) is 11.8 Å². The molecule has 2 N–H and O–H groups in total. The lowest BCUT2D eigenvalue weighted by Crippen LogP contribution is -2.48. The minimum absolute atomic E-state index is 0.199. The first-order chi connectivity index (χ1) is 13.5. The quantitative estimate of drug-likeness (QED) is 0.592.